The Hall–Kier alpha value is -1.33. The molecule has 3 N–H and O–H groups in total. The Balaban J connectivity index is 2.54. The largest absolute Gasteiger partial charge is 0.496 e. The van der Waals surface area contributed by atoms with Crippen molar-refractivity contribution in [2.45, 2.75) is 6.04 Å². The van der Waals surface area contributed by atoms with Crippen LogP contribution in [-0.2, 0) is 0 Å². The third kappa shape index (κ3) is 3.04. The lowest BCUT2D eigenvalue weighted by molar-refractivity contribution is 0.404. The van der Waals surface area contributed by atoms with Gasteiger partial charge in [-0.2, -0.15) is 0 Å². The lowest BCUT2D eigenvalue weighted by atomic mass is 9.98. The maximum atomic E-state index is 13.1. The normalized spacial score (nSPS) is 12.2. The summed E-state index contributed by atoms with van der Waals surface area (Å²) in [7, 11) is 1.55. The number of hydrazine groups is 1. The van der Waals surface area contributed by atoms with Crippen LogP contribution in [0.4, 0.5) is 4.39 Å². The highest BCUT2D eigenvalue weighted by molar-refractivity contribution is 6.31. The fourth-order valence-corrected chi connectivity index (χ4v) is 2.47. The lowest BCUT2D eigenvalue weighted by Gasteiger charge is -2.21. The summed E-state index contributed by atoms with van der Waals surface area (Å²) in [5.41, 5.74) is 4.01. The maximum Gasteiger partial charge on any atom is 0.124 e. The Labute approximate surface area is 126 Å². The zero-order chi connectivity index (χ0) is 14.7. The molecular formula is C14H13Cl2FN2O. The van der Waals surface area contributed by atoms with E-state index in [0.29, 0.717) is 16.3 Å². The Morgan fingerprint density at radius 1 is 1.15 bits per heavy atom. The molecule has 0 saturated carbocycles. The predicted molar refractivity (Wildman–Crippen MR) is 78.6 cm³/mol. The summed E-state index contributed by atoms with van der Waals surface area (Å²) in [4.78, 5) is 0. The van der Waals surface area contributed by atoms with Crippen molar-refractivity contribution in [3.8, 4) is 5.75 Å². The second kappa shape index (κ2) is 6.41. The molecule has 0 aliphatic rings. The summed E-state index contributed by atoms with van der Waals surface area (Å²) in [6.45, 7) is 0. The molecule has 2 aromatic carbocycles. The molecule has 0 heterocycles. The van der Waals surface area contributed by atoms with E-state index in [4.69, 9.17) is 33.8 Å². The Bertz CT molecular complexity index is 622. The van der Waals surface area contributed by atoms with E-state index in [2.05, 4.69) is 5.43 Å². The first-order valence-corrected chi connectivity index (χ1v) is 6.57. The van der Waals surface area contributed by atoms with Gasteiger partial charge in [0.2, 0.25) is 0 Å². The summed E-state index contributed by atoms with van der Waals surface area (Å²) in [6.07, 6.45) is 0. The molecule has 0 saturated heterocycles. The predicted octanol–water partition coefficient (Wildman–Crippen LogP) is 3.69. The van der Waals surface area contributed by atoms with Crippen LogP contribution in [0.2, 0.25) is 10.0 Å². The fraction of sp³-hybridized carbons (Fsp3) is 0.143. The first-order valence-electron chi connectivity index (χ1n) is 5.81. The lowest BCUT2D eigenvalue weighted by Crippen LogP contribution is -2.29. The highest BCUT2D eigenvalue weighted by Gasteiger charge is 2.20. The van der Waals surface area contributed by atoms with Crippen LogP contribution in [0.15, 0.2) is 36.4 Å². The summed E-state index contributed by atoms with van der Waals surface area (Å²) in [6, 6.07) is 8.84. The second-order valence-corrected chi connectivity index (χ2v) is 5.00. The topological polar surface area (TPSA) is 47.3 Å². The van der Waals surface area contributed by atoms with Crippen LogP contribution in [0.25, 0.3) is 0 Å². The van der Waals surface area contributed by atoms with Gasteiger partial charge in [-0.05, 0) is 35.9 Å². The van der Waals surface area contributed by atoms with Crippen LogP contribution in [-0.4, -0.2) is 7.11 Å². The van der Waals surface area contributed by atoms with Gasteiger partial charge in [0.25, 0.3) is 0 Å². The van der Waals surface area contributed by atoms with Gasteiger partial charge < -0.3 is 4.74 Å². The van der Waals surface area contributed by atoms with Gasteiger partial charge in [0.05, 0.1) is 13.2 Å². The van der Waals surface area contributed by atoms with Crippen LogP contribution in [0, 0.1) is 5.82 Å². The summed E-state index contributed by atoms with van der Waals surface area (Å²) < 4.78 is 18.4. The van der Waals surface area contributed by atoms with Crippen molar-refractivity contribution >= 4 is 23.2 Å². The van der Waals surface area contributed by atoms with E-state index >= 15 is 0 Å². The monoisotopic (exact) mass is 314 g/mol. The first kappa shape index (κ1) is 15.1. The minimum Gasteiger partial charge on any atom is -0.496 e. The van der Waals surface area contributed by atoms with E-state index in [1.807, 2.05) is 0 Å². The number of halogens is 3. The van der Waals surface area contributed by atoms with Crippen LogP contribution >= 0.6 is 23.2 Å². The van der Waals surface area contributed by atoms with Gasteiger partial charge in [0, 0.05) is 15.6 Å². The third-order valence-electron chi connectivity index (χ3n) is 2.94. The Kier molecular flexibility index (Phi) is 4.83. The molecule has 3 nitrogen and oxygen atoms in total. The van der Waals surface area contributed by atoms with Crippen molar-refractivity contribution in [1.82, 2.24) is 5.43 Å². The van der Waals surface area contributed by atoms with Gasteiger partial charge in [0.1, 0.15) is 11.6 Å². The molecule has 0 spiro atoms. The quantitative estimate of drug-likeness (QED) is 0.668. The highest BCUT2D eigenvalue weighted by atomic mass is 35.5. The highest BCUT2D eigenvalue weighted by Crippen LogP contribution is 2.34. The molecule has 0 aliphatic carbocycles. The summed E-state index contributed by atoms with van der Waals surface area (Å²) in [5.74, 6) is 5.82. The molecule has 0 bridgehead atoms. The molecule has 6 heteroatoms. The van der Waals surface area contributed by atoms with E-state index in [0.717, 1.165) is 5.56 Å². The zero-order valence-electron chi connectivity index (χ0n) is 10.7. The smallest absolute Gasteiger partial charge is 0.124 e. The first-order chi connectivity index (χ1) is 9.56. The number of nitrogens with two attached hydrogens (primary N) is 1. The minimum atomic E-state index is -0.461. The number of methoxy groups -OCH3 is 1. The fourth-order valence-electron chi connectivity index (χ4n) is 2.01. The molecule has 0 aromatic heterocycles. The van der Waals surface area contributed by atoms with Crippen molar-refractivity contribution in [3.63, 3.8) is 0 Å². The maximum absolute atomic E-state index is 13.1. The molecule has 1 unspecified atom stereocenters. The van der Waals surface area contributed by atoms with Gasteiger partial charge in [-0.3, -0.25) is 5.84 Å². The Morgan fingerprint density at radius 3 is 2.50 bits per heavy atom. The van der Waals surface area contributed by atoms with Gasteiger partial charge in [-0.1, -0.05) is 29.3 Å². The van der Waals surface area contributed by atoms with Gasteiger partial charge in [-0.15, -0.1) is 0 Å². The molecule has 0 radical (unpaired) electrons. The molecule has 1 atom stereocenters. The SMILES string of the molecule is COc1ccc(Cl)cc1C(NN)c1ccc(F)cc1Cl. The summed E-state index contributed by atoms with van der Waals surface area (Å²) in [5, 5.41) is 0.814. The molecule has 0 aliphatic heterocycles. The van der Waals surface area contributed by atoms with Crippen molar-refractivity contribution in [2.24, 2.45) is 5.84 Å². The number of ether oxygens (including phenoxy) is 1. The number of benzene rings is 2. The van der Waals surface area contributed by atoms with Crippen LogP contribution < -0.4 is 16.0 Å². The van der Waals surface area contributed by atoms with Crippen molar-refractivity contribution < 1.29 is 9.13 Å². The molecule has 2 rings (SSSR count). The number of hydrogen-bond donors (Lipinski definition) is 2. The van der Waals surface area contributed by atoms with Crippen molar-refractivity contribution in [3.05, 3.63) is 63.4 Å². The van der Waals surface area contributed by atoms with E-state index in [1.165, 1.54) is 12.1 Å². The standard InChI is InChI=1S/C14H13Cl2FN2O/c1-20-13-5-2-8(15)6-11(13)14(19-18)10-4-3-9(17)7-12(10)16/h2-7,14,19H,18H2,1H3. The van der Waals surface area contributed by atoms with E-state index in [-0.39, 0.29) is 5.02 Å². The Morgan fingerprint density at radius 2 is 1.90 bits per heavy atom. The van der Waals surface area contributed by atoms with Crippen LogP contribution in [0.1, 0.15) is 17.2 Å². The van der Waals surface area contributed by atoms with E-state index in [9.17, 15) is 4.39 Å². The summed E-state index contributed by atoms with van der Waals surface area (Å²) >= 11 is 12.1. The molecule has 20 heavy (non-hydrogen) atoms. The molecule has 106 valence electrons. The molecule has 2 aromatic rings. The van der Waals surface area contributed by atoms with Crippen LogP contribution in [0.3, 0.4) is 0 Å². The van der Waals surface area contributed by atoms with E-state index < -0.39 is 11.9 Å². The second-order valence-electron chi connectivity index (χ2n) is 4.15. The molecular weight excluding hydrogens is 302 g/mol. The average molecular weight is 315 g/mol. The number of nitrogens with one attached hydrogen (secondary N) is 1. The molecule has 0 fully saturated rings. The molecule has 0 amide bonds. The zero-order valence-corrected chi connectivity index (χ0v) is 12.2. The van der Waals surface area contributed by atoms with Gasteiger partial charge >= 0.3 is 0 Å². The van der Waals surface area contributed by atoms with E-state index in [1.54, 1.807) is 31.4 Å². The van der Waals surface area contributed by atoms with Crippen molar-refractivity contribution in [2.75, 3.05) is 7.11 Å². The van der Waals surface area contributed by atoms with Gasteiger partial charge in [-0.25, -0.2) is 9.82 Å². The average Bonchev–Trinajstić information content (AvgIpc) is 2.42. The number of hydrogen-bond acceptors (Lipinski definition) is 3. The third-order valence-corrected chi connectivity index (χ3v) is 3.51. The number of rotatable bonds is 4. The van der Waals surface area contributed by atoms with Crippen molar-refractivity contribution in [1.29, 1.82) is 0 Å². The minimum absolute atomic E-state index is 0.273. The van der Waals surface area contributed by atoms with Gasteiger partial charge in [0.15, 0.2) is 0 Å². The van der Waals surface area contributed by atoms with Crippen LogP contribution in [0.5, 0.6) is 5.75 Å².